The van der Waals surface area contributed by atoms with Gasteiger partial charge in [-0.25, -0.2) is 0 Å². The smallest absolute Gasteiger partial charge is 0.550 e. The standard InChI is InChI=1S/2C8H12O4.Al/c2*1-3-6(5(2)9)7(10)4-8(11)12;/h2*6H,3-4H2,1-2H3,(H,11,12);/q;;+2/p-2. The molecule has 0 fully saturated rings. The maximum absolute atomic E-state index is 11.0. The Kier molecular flexibility index (Phi) is 16.2. The molecule has 137 valence electrons. The topological polar surface area (TPSA) is 149 Å². The van der Waals surface area contributed by atoms with Crippen LogP contribution in [0.1, 0.15) is 53.4 Å². The molecule has 0 heterocycles. The second kappa shape index (κ2) is 14.5. The minimum Gasteiger partial charge on any atom is -0.550 e. The summed E-state index contributed by atoms with van der Waals surface area (Å²) in [6.07, 6.45) is -0.640. The van der Waals surface area contributed by atoms with Gasteiger partial charge < -0.3 is 19.8 Å². The van der Waals surface area contributed by atoms with Crippen molar-refractivity contribution in [2.45, 2.75) is 53.4 Å². The average molecular weight is 369 g/mol. The Morgan fingerprint density at radius 3 is 1.04 bits per heavy atom. The number of carbonyl (C=O) groups is 6. The fourth-order valence-corrected chi connectivity index (χ4v) is 2.01. The average Bonchev–Trinajstić information content (AvgIpc) is 2.37. The summed E-state index contributed by atoms with van der Waals surface area (Å²) in [7, 11) is 0. The van der Waals surface area contributed by atoms with E-state index in [0.717, 1.165) is 0 Å². The SMILES string of the molecule is CCC(C(C)=O)C(=O)CC(=O)[O-].CCC(C(C)=O)C(=O)CC(=O)[O-].[Al+2]. The first kappa shape index (κ1) is 28.0. The summed E-state index contributed by atoms with van der Waals surface area (Å²) in [6.45, 7) is 5.89. The van der Waals surface area contributed by atoms with Crippen LogP contribution < -0.4 is 10.2 Å². The monoisotopic (exact) mass is 369 g/mol. The molecule has 0 aromatic heterocycles. The van der Waals surface area contributed by atoms with Crippen LogP contribution >= 0.6 is 0 Å². The number of aliphatic carboxylic acids is 2. The Morgan fingerprint density at radius 2 is 0.920 bits per heavy atom. The molecule has 1 radical (unpaired) electrons. The van der Waals surface area contributed by atoms with Gasteiger partial charge in [-0.05, 0) is 26.7 Å². The van der Waals surface area contributed by atoms with E-state index in [2.05, 4.69) is 0 Å². The van der Waals surface area contributed by atoms with Gasteiger partial charge in [0.25, 0.3) is 0 Å². The van der Waals surface area contributed by atoms with Crippen molar-refractivity contribution in [1.82, 2.24) is 0 Å². The summed E-state index contributed by atoms with van der Waals surface area (Å²) in [5.41, 5.74) is 0. The van der Waals surface area contributed by atoms with Crippen LogP contribution in [0, 0.1) is 11.8 Å². The van der Waals surface area contributed by atoms with Gasteiger partial charge in [-0.1, -0.05) is 13.8 Å². The van der Waals surface area contributed by atoms with Crippen molar-refractivity contribution in [2.24, 2.45) is 11.8 Å². The molecule has 0 aromatic carbocycles. The third kappa shape index (κ3) is 13.2. The quantitative estimate of drug-likeness (QED) is 0.325. The van der Waals surface area contributed by atoms with Crippen LogP contribution in [0.25, 0.3) is 0 Å². The van der Waals surface area contributed by atoms with Crippen molar-refractivity contribution >= 4 is 52.4 Å². The Balaban J connectivity index is -0.000000372. The molecule has 0 spiro atoms. The Bertz CT molecular complexity index is 466. The number of carboxylic acids is 2. The molecule has 0 aliphatic heterocycles. The molecule has 0 aliphatic rings. The summed E-state index contributed by atoms with van der Waals surface area (Å²) in [4.78, 5) is 63.5. The molecule has 2 unspecified atom stereocenters. The summed E-state index contributed by atoms with van der Waals surface area (Å²) in [5.74, 6) is -6.12. The van der Waals surface area contributed by atoms with Crippen LogP contribution in [-0.4, -0.2) is 52.4 Å². The van der Waals surface area contributed by atoms with E-state index in [1.165, 1.54) is 13.8 Å². The number of ketones is 4. The van der Waals surface area contributed by atoms with Gasteiger partial charge in [0.2, 0.25) is 0 Å². The number of hydrogen-bond donors (Lipinski definition) is 0. The van der Waals surface area contributed by atoms with E-state index in [0.29, 0.717) is 12.8 Å². The minimum absolute atomic E-state index is 0. The zero-order valence-electron chi connectivity index (χ0n) is 14.8. The van der Waals surface area contributed by atoms with Crippen molar-refractivity contribution in [3.63, 3.8) is 0 Å². The van der Waals surface area contributed by atoms with Crippen LogP contribution in [0.4, 0.5) is 0 Å². The maximum Gasteiger partial charge on any atom is 2.00 e. The van der Waals surface area contributed by atoms with Crippen molar-refractivity contribution in [3.05, 3.63) is 0 Å². The number of carboxylic acid groups (broad SMARTS) is 2. The molecule has 0 aromatic rings. The summed E-state index contributed by atoms with van der Waals surface area (Å²) >= 11 is 0. The summed E-state index contributed by atoms with van der Waals surface area (Å²) in [5, 5.41) is 20.0. The fraction of sp³-hybridized carbons (Fsp3) is 0.625. The van der Waals surface area contributed by atoms with Crippen LogP contribution in [-0.2, 0) is 28.8 Å². The predicted molar refractivity (Wildman–Crippen MR) is 83.9 cm³/mol. The number of Topliss-reactive ketones (excluding diaryl/α,β-unsaturated/α-hetero) is 4. The van der Waals surface area contributed by atoms with Gasteiger partial charge in [-0.3, -0.25) is 19.2 Å². The first-order chi connectivity index (χ1) is 11.0. The predicted octanol–water partition coefficient (Wildman–Crippen LogP) is -1.76. The van der Waals surface area contributed by atoms with E-state index >= 15 is 0 Å². The number of carbonyl (C=O) groups excluding carboxylic acids is 6. The Morgan fingerprint density at radius 1 is 0.680 bits per heavy atom. The zero-order chi connectivity index (χ0) is 19.4. The third-order valence-electron chi connectivity index (χ3n) is 3.21. The first-order valence-electron chi connectivity index (χ1n) is 7.43. The van der Waals surface area contributed by atoms with Gasteiger partial charge in [-0.15, -0.1) is 0 Å². The molecule has 0 saturated heterocycles. The van der Waals surface area contributed by atoms with Gasteiger partial charge in [0, 0.05) is 24.8 Å². The molecular formula is C16H22AlO8. The maximum atomic E-state index is 11.0. The van der Waals surface area contributed by atoms with Gasteiger partial charge >= 0.3 is 17.4 Å². The van der Waals surface area contributed by atoms with Crippen LogP contribution in [0.5, 0.6) is 0 Å². The number of hydrogen-bond acceptors (Lipinski definition) is 8. The van der Waals surface area contributed by atoms with Gasteiger partial charge in [0.05, 0.1) is 11.8 Å². The van der Waals surface area contributed by atoms with Crippen LogP contribution in [0.2, 0.25) is 0 Å². The van der Waals surface area contributed by atoms with Crippen molar-refractivity contribution in [2.75, 3.05) is 0 Å². The van der Waals surface area contributed by atoms with Crippen LogP contribution in [0.3, 0.4) is 0 Å². The van der Waals surface area contributed by atoms with E-state index in [4.69, 9.17) is 0 Å². The minimum atomic E-state index is -1.43. The molecule has 8 nitrogen and oxygen atoms in total. The Hall–Kier alpha value is -1.85. The molecule has 0 rings (SSSR count). The molecule has 25 heavy (non-hydrogen) atoms. The largest absolute Gasteiger partial charge is 2.00 e. The van der Waals surface area contributed by atoms with E-state index in [9.17, 15) is 39.0 Å². The van der Waals surface area contributed by atoms with Crippen LogP contribution in [0.15, 0.2) is 0 Å². The van der Waals surface area contributed by atoms with Crippen molar-refractivity contribution < 1.29 is 39.0 Å². The number of rotatable bonds is 10. The third-order valence-corrected chi connectivity index (χ3v) is 3.21. The molecule has 2 atom stereocenters. The second-order valence-electron chi connectivity index (χ2n) is 5.17. The van der Waals surface area contributed by atoms with Crippen molar-refractivity contribution in [1.29, 1.82) is 0 Å². The normalized spacial score (nSPS) is 11.7. The zero-order valence-corrected chi connectivity index (χ0v) is 16.0. The first-order valence-corrected chi connectivity index (χ1v) is 7.43. The second-order valence-corrected chi connectivity index (χ2v) is 5.17. The molecule has 9 heteroatoms. The van der Waals surface area contributed by atoms with Crippen molar-refractivity contribution in [3.8, 4) is 0 Å². The molecule has 0 amide bonds. The molecular weight excluding hydrogens is 347 g/mol. The van der Waals surface area contributed by atoms with Gasteiger partial charge in [0.1, 0.15) is 23.1 Å². The summed E-state index contributed by atoms with van der Waals surface area (Å²) < 4.78 is 0. The van der Waals surface area contributed by atoms with Gasteiger partial charge in [0.15, 0.2) is 0 Å². The van der Waals surface area contributed by atoms with Gasteiger partial charge in [-0.2, -0.15) is 0 Å². The van der Waals surface area contributed by atoms with E-state index in [1.807, 2.05) is 0 Å². The van der Waals surface area contributed by atoms with E-state index in [-0.39, 0.29) is 28.9 Å². The Labute approximate surface area is 157 Å². The molecule has 0 saturated carbocycles. The fourth-order valence-electron chi connectivity index (χ4n) is 2.01. The molecule has 0 aliphatic carbocycles. The van der Waals surface area contributed by atoms with E-state index in [1.54, 1.807) is 13.8 Å². The molecule has 0 bridgehead atoms. The summed E-state index contributed by atoms with van der Waals surface area (Å²) in [6, 6.07) is 0. The molecule has 0 N–H and O–H groups in total. The van der Waals surface area contributed by atoms with E-state index < -0.39 is 48.2 Å².